The summed E-state index contributed by atoms with van der Waals surface area (Å²) >= 11 is 0. The number of fused-ring (bicyclic) bond motifs is 3. The summed E-state index contributed by atoms with van der Waals surface area (Å²) in [5, 5.41) is 16.1. The molecule has 1 aliphatic carbocycles. The Hall–Kier alpha value is -4.79. The number of aryl methyl sites for hydroxylation is 3. The fraction of sp³-hybridized carbons (Fsp3) is 0.314. The Morgan fingerprint density at radius 3 is 2.68 bits per heavy atom. The summed E-state index contributed by atoms with van der Waals surface area (Å²) in [6.45, 7) is 6.55. The Kier molecular flexibility index (Phi) is 6.46. The SMILES string of the molecule is Cc1nc2c(cc(-c3ccc(-c4ccc5c(cnn5C)c4)nc3)n2C)c(C2=CC(F)=C3OCCCC3C2(C)C)c1CC(=O)O. The third-order valence-corrected chi connectivity index (χ3v) is 9.46. The van der Waals surface area contributed by atoms with E-state index in [1.807, 2.05) is 73.0 Å². The fourth-order valence-electron chi connectivity index (χ4n) is 7.06. The Morgan fingerprint density at radius 1 is 1.14 bits per heavy atom. The van der Waals surface area contributed by atoms with E-state index in [9.17, 15) is 9.90 Å². The van der Waals surface area contributed by atoms with E-state index < -0.39 is 11.4 Å². The molecular formula is C35H34FN5O3. The normalized spacial score (nSPS) is 18.0. The number of nitrogens with zero attached hydrogens (tertiary/aromatic N) is 5. The number of rotatable bonds is 5. The van der Waals surface area contributed by atoms with Gasteiger partial charge < -0.3 is 14.4 Å². The first-order valence-corrected chi connectivity index (χ1v) is 14.9. The minimum Gasteiger partial charge on any atom is -0.495 e. The number of halogens is 1. The molecular weight excluding hydrogens is 557 g/mol. The molecule has 0 bridgehead atoms. The van der Waals surface area contributed by atoms with Crippen LogP contribution < -0.4 is 0 Å². The van der Waals surface area contributed by atoms with Crippen molar-refractivity contribution in [1.82, 2.24) is 24.3 Å². The average molecular weight is 592 g/mol. The number of ether oxygens (including phenoxy) is 1. The van der Waals surface area contributed by atoms with Crippen LogP contribution in [0.4, 0.5) is 4.39 Å². The number of aromatic nitrogens is 5. The van der Waals surface area contributed by atoms with Gasteiger partial charge in [-0.1, -0.05) is 19.9 Å². The number of aliphatic carboxylic acids is 1. The van der Waals surface area contributed by atoms with Crippen molar-refractivity contribution in [2.45, 2.75) is 40.0 Å². The summed E-state index contributed by atoms with van der Waals surface area (Å²) in [5.74, 6) is -1.06. The van der Waals surface area contributed by atoms with Crippen molar-refractivity contribution in [1.29, 1.82) is 0 Å². The van der Waals surface area contributed by atoms with E-state index in [0.717, 1.165) is 62.8 Å². The second kappa shape index (κ2) is 10.1. The monoisotopic (exact) mass is 591 g/mol. The second-order valence-electron chi connectivity index (χ2n) is 12.5. The number of carbonyl (C=O) groups is 1. The van der Waals surface area contributed by atoms with Crippen LogP contribution in [0.25, 0.3) is 50.0 Å². The summed E-state index contributed by atoms with van der Waals surface area (Å²) in [7, 11) is 3.87. The summed E-state index contributed by atoms with van der Waals surface area (Å²) < 4.78 is 25.3. The lowest BCUT2D eigenvalue weighted by Gasteiger charge is -2.43. The van der Waals surface area contributed by atoms with Crippen LogP contribution in [0.15, 0.2) is 66.5 Å². The molecule has 1 atom stereocenters. The molecule has 1 unspecified atom stereocenters. The van der Waals surface area contributed by atoms with Crippen molar-refractivity contribution < 1.29 is 19.0 Å². The first-order valence-electron chi connectivity index (χ1n) is 14.9. The zero-order valence-electron chi connectivity index (χ0n) is 25.5. The van der Waals surface area contributed by atoms with Gasteiger partial charge in [0.05, 0.1) is 36.1 Å². The van der Waals surface area contributed by atoms with E-state index in [1.165, 1.54) is 0 Å². The Balaban J connectivity index is 1.38. The zero-order valence-corrected chi connectivity index (χ0v) is 25.5. The van der Waals surface area contributed by atoms with Gasteiger partial charge in [-0.3, -0.25) is 14.5 Å². The summed E-state index contributed by atoms with van der Waals surface area (Å²) in [6, 6.07) is 12.2. The van der Waals surface area contributed by atoms with Crippen molar-refractivity contribution in [3.05, 3.63) is 83.3 Å². The van der Waals surface area contributed by atoms with Gasteiger partial charge in [0.1, 0.15) is 11.4 Å². The molecule has 5 aromatic rings. The van der Waals surface area contributed by atoms with Gasteiger partial charge in [-0.25, -0.2) is 9.37 Å². The van der Waals surface area contributed by atoms with Crippen LogP contribution in [0.3, 0.4) is 0 Å². The predicted molar refractivity (Wildman–Crippen MR) is 168 cm³/mol. The molecule has 2 aliphatic rings. The average Bonchev–Trinajstić information content (AvgIpc) is 3.54. The molecule has 224 valence electrons. The molecule has 44 heavy (non-hydrogen) atoms. The molecule has 1 aromatic carbocycles. The lowest BCUT2D eigenvalue weighted by Crippen LogP contribution is -2.34. The van der Waals surface area contributed by atoms with E-state index in [0.29, 0.717) is 29.3 Å². The van der Waals surface area contributed by atoms with Crippen molar-refractivity contribution in [2.24, 2.45) is 25.4 Å². The molecule has 1 aliphatic heterocycles. The molecule has 8 nitrogen and oxygen atoms in total. The molecule has 0 amide bonds. The van der Waals surface area contributed by atoms with Crippen LogP contribution in [0, 0.1) is 18.3 Å². The first-order chi connectivity index (χ1) is 21.0. The van der Waals surface area contributed by atoms with Gasteiger partial charge in [-0.2, -0.15) is 5.10 Å². The highest BCUT2D eigenvalue weighted by Gasteiger charge is 2.44. The zero-order chi connectivity index (χ0) is 30.9. The number of pyridine rings is 2. The van der Waals surface area contributed by atoms with E-state index in [4.69, 9.17) is 14.7 Å². The molecule has 9 heteroatoms. The lowest BCUT2D eigenvalue weighted by molar-refractivity contribution is -0.136. The van der Waals surface area contributed by atoms with Crippen molar-refractivity contribution in [3.8, 4) is 22.5 Å². The molecule has 0 radical (unpaired) electrons. The van der Waals surface area contributed by atoms with E-state index in [2.05, 4.69) is 25.0 Å². The lowest BCUT2D eigenvalue weighted by atomic mass is 9.64. The topological polar surface area (TPSA) is 95.1 Å². The number of allylic oxidation sites excluding steroid dienone is 4. The summed E-state index contributed by atoms with van der Waals surface area (Å²) in [5.41, 5.74) is 7.64. The predicted octanol–water partition coefficient (Wildman–Crippen LogP) is 7.16. The van der Waals surface area contributed by atoms with E-state index >= 15 is 4.39 Å². The minimum atomic E-state index is -0.956. The largest absolute Gasteiger partial charge is 0.495 e. The molecule has 0 saturated carbocycles. The van der Waals surface area contributed by atoms with Crippen LogP contribution in [-0.2, 0) is 30.0 Å². The second-order valence-corrected chi connectivity index (χ2v) is 12.5. The van der Waals surface area contributed by atoms with Crippen LogP contribution in [0.5, 0.6) is 0 Å². The van der Waals surface area contributed by atoms with Crippen LogP contribution in [0.2, 0.25) is 0 Å². The maximum absolute atomic E-state index is 15.6. The number of benzene rings is 1. The minimum absolute atomic E-state index is 0.136. The quantitative estimate of drug-likeness (QED) is 0.233. The van der Waals surface area contributed by atoms with Gasteiger partial charge >= 0.3 is 5.97 Å². The van der Waals surface area contributed by atoms with Gasteiger partial charge in [0.15, 0.2) is 5.83 Å². The number of carboxylic acid groups (broad SMARTS) is 1. The number of hydrogen-bond acceptors (Lipinski definition) is 5. The number of carboxylic acids is 1. The van der Waals surface area contributed by atoms with Gasteiger partial charge in [0.2, 0.25) is 0 Å². The molecule has 1 saturated heterocycles. The summed E-state index contributed by atoms with van der Waals surface area (Å²) in [4.78, 5) is 21.8. The molecule has 0 spiro atoms. The van der Waals surface area contributed by atoms with E-state index in [1.54, 1.807) is 6.08 Å². The van der Waals surface area contributed by atoms with Crippen molar-refractivity contribution >= 4 is 33.5 Å². The Bertz CT molecular complexity index is 2050. The fourth-order valence-corrected chi connectivity index (χ4v) is 7.06. The van der Waals surface area contributed by atoms with Gasteiger partial charge in [-0.05, 0) is 72.9 Å². The maximum Gasteiger partial charge on any atom is 0.307 e. The summed E-state index contributed by atoms with van der Waals surface area (Å²) in [6.07, 6.45) is 6.69. The Labute approximate surface area is 254 Å². The van der Waals surface area contributed by atoms with Gasteiger partial charge in [-0.15, -0.1) is 0 Å². The van der Waals surface area contributed by atoms with Gasteiger partial charge in [0, 0.05) is 59.2 Å². The molecule has 1 fully saturated rings. The van der Waals surface area contributed by atoms with Crippen molar-refractivity contribution in [2.75, 3.05) is 6.61 Å². The van der Waals surface area contributed by atoms with E-state index in [-0.39, 0.29) is 18.2 Å². The smallest absolute Gasteiger partial charge is 0.307 e. The molecule has 1 N–H and O–H groups in total. The van der Waals surface area contributed by atoms with Crippen LogP contribution in [-0.4, -0.2) is 42.0 Å². The third-order valence-electron chi connectivity index (χ3n) is 9.46. The number of hydrogen-bond donors (Lipinski definition) is 1. The highest BCUT2D eigenvalue weighted by atomic mass is 19.1. The molecule has 4 aromatic heterocycles. The molecule has 7 rings (SSSR count). The van der Waals surface area contributed by atoms with Crippen LogP contribution >= 0.6 is 0 Å². The van der Waals surface area contributed by atoms with Gasteiger partial charge in [0.25, 0.3) is 0 Å². The molecule has 5 heterocycles. The highest BCUT2D eigenvalue weighted by molar-refractivity contribution is 5.98. The highest BCUT2D eigenvalue weighted by Crippen LogP contribution is 2.54. The Morgan fingerprint density at radius 2 is 1.93 bits per heavy atom. The maximum atomic E-state index is 15.6. The third kappa shape index (κ3) is 4.32. The van der Waals surface area contributed by atoms with Crippen LogP contribution in [0.1, 0.15) is 43.5 Å². The van der Waals surface area contributed by atoms with Crippen molar-refractivity contribution in [3.63, 3.8) is 0 Å². The first kappa shape index (κ1) is 28.0. The standard InChI is InChI=1S/C35H34FN5O3/c1-19-23(15-31(42)43)32(26-16-27(36)33-25(35(26,2)3)7-6-12-44-33)24-14-30(40(4)34(24)39-19)21-8-10-28(37-17-21)20-9-11-29-22(13-20)18-38-41(29)5/h8-11,13-14,16-18,25H,6-7,12,15H2,1-5H3,(H,42,43).